The molecule has 6 rings (SSSR count). The van der Waals surface area contributed by atoms with Crippen molar-refractivity contribution in [2.75, 3.05) is 24.7 Å². The Balaban J connectivity index is 1.22. The molecule has 4 aliphatic carbocycles. The highest BCUT2D eigenvalue weighted by molar-refractivity contribution is 6.23. The summed E-state index contributed by atoms with van der Waals surface area (Å²) in [5, 5.41) is 0. The van der Waals surface area contributed by atoms with E-state index >= 15 is 0 Å². The molecule has 4 bridgehead atoms. The van der Waals surface area contributed by atoms with E-state index < -0.39 is 6.04 Å². The van der Waals surface area contributed by atoms with Gasteiger partial charge in [0.2, 0.25) is 11.8 Å². The largest absolute Gasteiger partial charge is 0.494 e. The monoisotopic (exact) mass is 468 g/mol. The summed E-state index contributed by atoms with van der Waals surface area (Å²) < 4.78 is 12.1. The van der Waals surface area contributed by atoms with E-state index in [1.54, 1.807) is 24.3 Å². The van der Waals surface area contributed by atoms with E-state index in [4.69, 9.17) is 9.47 Å². The van der Waals surface area contributed by atoms with Crippen molar-refractivity contribution in [1.82, 2.24) is 4.90 Å². The second-order valence-electron chi connectivity index (χ2n) is 10.8. The normalized spacial score (nSPS) is 31.9. The fraction of sp³-hybridized carbons (Fsp3) is 0.667. The van der Waals surface area contributed by atoms with Gasteiger partial charge in [-0.15, -0.1) is 0 Å². The number of ether oxygens (including phenoxy) is 2. The van der Waals surface area contributed by atoms with Crippen LogP contribution in [-0.2, 0) is 19.1 Å². The lowest BCUT2D eigenvalue weighted by molar-refractivity contribution is -0.167. The van der Waals surface area contributed by atoms with Crippen LogP contribution in [-0.4, -0.2) is 54.0 Å². The Morgan fingerprint density at radius 2 is 1.65 bits per heavy atom. The Hall–Kier alpha value is -2.41. The van der Waals surface area contributed by atoms with Crippen molar-refractivity contribution in [2.45, 2.75) is 76.9 Å². The summed E-state index contributed by atoms with van der Waals surface area (Å²) in [4.78, 5) is 41.3. The molecule has 4 saturated carbocycles. The van der Waals surface area contributed by atoms with Crippen molar-refractivity contribution in [3.8, 4) is 5.75 Å². The maximum absolute atomic E-state index is 13.2. The molecule has 0 N–H and O–H groups in total. The van der Waals surface area contributed by atoms with Gasteiger partial charge < -0.3 is 14.4 Å². The van der Waals surface area contributed by atoms with Gasteiger partial charge in [0.05, 0.1) is 30.9 Å². The van der Waals surface area contributed by atoms with Crippen LogP contribution >= 0.6 is 0 Å². The standard InChI is InChI=1S/C27H36N2O5/c1-3-9-33-23-6-4-22(5-7-23)29-25(31)14-24(26(29)32)28(18(2)30)8-10-34-27-15-19-11-20(16-27)13-21(12-19)17-27/h4-7,19-21,24H,3,8-17H2,1-2H3/t19?,20?,21?,24-,27?/m0/s1. The first-order valence-electron chi connectivity index (χ1n) is 12.9. The van der Waals surface area contributed by atoms with E-state index in [0.29, 0.717) is 31.2 Å². The lowest BCUT2D eigenvalue weighted by Gasteiger charge is -2.56. The minimum atomic E-state index is -0.777. The Morgan fingerprint density at radius 3 is 2.21 bits per heavy atom. The van der Waals surface area contributed by atoms with Crippen LogP contribution in [0.1, 0.15) is 65.2 Å². The molecule has 0 radical (unpaired) electrons. The first-order valence-corrected chi connectivity index (χ1v) is 12.9. The number of rotatable bonds is 9. The molecule has 1 aliphatic heterocycles. The predicted molar refractivity (Wildman–Crippen MR) is 127 cm³/mol. The molecule has 1 aromatic carbocycles. The highest BCUT2D eigenvalue weighted by atomic mass is 16.5. The molecular formula is C27H36N2O5. The van der Waals surface area contributed by atoms with E-state index in [1.165, 1.54) is 36.0 Å². The van der Waals surface area contributed by atoms with E-state index in [0.717, 1.165) is 43.4 Å². The van der Waals surface area contributed by atoms with Crippen LogP contribution in [0.3, 0.4) is 0 Å². The van der Waals surface area contributed by atoms with E-state index in [2.05, 4.69) is 0 Å². The number of anilines is 1. The molecule has 1 aromatic rings. The van der Waals surface area contributed by atoms with Gasteiger partial charge in [-0.25, -0.2) is 4.90 Å². The quantitative estimate of drug-likeness (QED) is 0.513. The molecule has 7 heteroatoms. The first-order chi connectivity index (χ1) is 16.4. The molecule has 7 nitrogen and oxygen atoms in total. The van der Waals surface area contributed by atoms with Crippen LogP contribution in [0, 0.1) is 17.8 Å². The molecule has 1 heterocycles. The molecule has 1 atom stereocenters. The van der Waals surface area contributed by atoms with E-state index in [-0.39, 0.29) is 29.7 Å². The molecule has 184 valence electrons. The second-order valence-corrected chi connectivity index (χ2v) is 10.8. The van der Waals surface area contributed by atoms with Crippen LogP contribution in [0.15, 0.2) is 24.3 Å². The second kappa shape index (κ2) is 9.33. The zero-order valence-electron chi connectivity index (χ0n) is 20.3. The van der Waals surface area contributed by atoms with Gasteiger partial charge >= 0.3 is 0 Å². The van der Waals surface area contributed by atoms with Crippen LogP contribution in [0.2, 0.25) is 0 Å². The summed E-state index contributed by atoms with van der Waals surface area (Å²) in [6.45, 7) is 4.85. The Kier molecular flexibility index (Phi) is 6.40. The maximum atomic E-state index is 13.2. The van der Waals surface area contributed by atoms with Crippen LogP contribution in [0.5, 0.6) is 5.75 Å². The third kappa shape index (κ3) is 4.47. The van der Waals surface area contributed by atoms with Crippen molar-refractivity contribution >= 4 is 23.4 Å². The summed E-state index contributed by atoms with van der Waals surface area (Å²) in [5.41, 5.74) is 0.468. The van der Waals surface area contributed by atoms with E-state index in [1.807, 2.05) is 6.92 Å². The highest BCUT2D eigenvalue weighted by Gasteiger charge is 2.52. The molecule has 0 spiro atoms. The highest BCUT2D eigenvalue weighted by Crippen LogP contribution is 2.57. The van der Waals surface area contributed by atoms with Gasteiger partial charge in [0.1, 0.15) is 11.8 Å². The van der Waals surface area contributed by atoms with Crippen molar-refractivity contribution in [3.05, 3.63) is 24.3 Å². The van der Waals surface area contributed by atoms with Crippen molar-refractivity contribution in [2.24, 2.45) is 17.8 Å². The smallest absolute Gasteiger partial charge is 0.257 e. The number of carbonyl (C=O) groups is 3. The molecule has 5 fully saturated rings. The van der Waals surface area contributed by atoms with Gasteiger partial charge in [0, 0.05) is 13.5 Å². The zero-order valence-corrected chi connectivity index (χ0v) is 20.3. The minimum Gasteiger partial charge on any atom is -0.494 e. The third-order valence-corrected chi connectivity index (χ3v) is 8.19. The SMILES string of the molecule is CCCOc1ccc(N2C(=O)C[C@H](N(CCOC34CC5CC(CC(C5)C3)C4)C(C)=O)C2=O)cc1. The van der Waals surface area contributed by atoms with Gasteiger partial charge in [-0.2, -0.15) is 0 Å². The summed E-state index contributed by atoms with van der Waals surface area (Å²) in [6.07, 6.45) is 8.35. The van der Waals surface area contributed by atoms with Gasteiger partial charge in [0.15, 0.2) is 0 Å². The molecule has 1 saturated heterocycles. The zero-order chi connectivity index (χ0) is 23.9. The van der Waals surface area contributed by atoms with Crippen molar-refractivity contribution in [1.29, 1.82) is 0 Å². The lowest BCUT2D eigenvalue weighted by Crippen LogP contribution is -2.53. The summed E-state index contributed by atoms with van der Waals surface area (Å²) in [7, 11) is 0. The molecular weight excluding hydrogens is 432 g/mol. The first kappa shape index (κ1) is 23.3. The number of imide groups is 1. The predicted octanol–water partition coefficient (Wildman–Crippen LogP) is 3.94. The summed E-state index contributed by atoms with van der Waals surface area (Å²) in [5.74, 6) is 2.23. The lowest BCUT2D eigenvalue weighted by atomic mass is 9.54. The van der Waals surface area contributed by atoms with Gasteiger partial charge in [-0.1, -0.05) is 6.92 Å². The number of carbonyl (C=O) groups excluding carboxylic acids is 3. The third-order valence-electron chi connectivity index (χ3n) is 8.19. The number of amides is 3. The Bertz CT molecular complexity index is 908. The Morgan fingerprint density at radius 1 is 1.03 bits per heavy atom. The molecule has 34 heavy (non-hydrogen) atoms. The molecule has 5 aliphatic rings. The Labute approximate surface area is 201 Å². The van der Waals surface area contributed by atoms with Gasteiger partial charge in [-0.05, 0) is 87.0 Å². The molecule has 0 aromatic heterocycles. The van der Waals surface area contributed by atoms with Gasteiger partial charge in [0.25, 0.3) is 5.91 Å². The van der Waals surface area contributed by atoms with Crippen LogP contribution < -0.4 is 9.64 Å². The van der Waals surface area contributed by atoms with Crippen molar-refractivity contribution < 1.29 is 23.9 Å². The number of hydrogen-bond acceptors (Lipinski definition) is 5. The summed E-state index contributed by atoms with van der Waals surface area (Å²) >= 11 is 0. The van der Waals surface area contributed by atoms with Crippen molar-refractivity contribution in [3.63, 3.8) is 0 Å². The number of hydrogen-bond donors (Lipinski definition) is 0. The minimum absolute atomic E-state index is 0.00383. The molecule has 3 amide bonds. The maximum Gasteiger partial charge on any atom is 0.257 e. The number of benzene rings is 1. The fourth-order valence-electron chi connectivity index (χ4n) is 7.14. The van der Waals surface area contributed by atoms with Crippen LogP contribution in [0.25, 0.3) is 0 Å². The average molecular weight is 469 g/mol. The van der Waals surface area contributed by atoms with Gasteiger partial charge in [-0.3, -0.25) is 14.4 Å². The average Bonchev–Trinajstić information content (AvgIpc) is 3.08. The topological polar surface area (TPSA) is 76.2 Å². The van der Waals surface area contributed by atoms with E-state index in [9.17, 15) is 14.4 Å². The summed E-state index contributed by atoms with van der Waals surface area (Å²) in [6, 6.07) is 6.19. The van der Waals surface area contributed by atoms with Crippen LogP contribution in [0.4, 0.5) is 5.69 Å². The number of nitrogens with zero attached hydrogens (tertiary/aromatic N) is 2. The fourth-order valence-corrected chi connectivity index (χ4v) is 7.14. The molecule has 0 unspecified atom stereocenters.